The molecule has 1 amide bonds. The average molecular weight is 280 g/mol. The average Bonchev–Trinajstić information content (AvgIpc) is 2.74. The minimum atomic E-state index is -0.469. The lowest BCUT2D eigenvalue weighted by Gasteiger charge is -2.06. The van der Waals surface area contributed by atoms with Gasteiger partial charge in [-0.25, -0.2) is 4.99 Å². The highest BCUT2D eigenvalue weighted by molar-refractivity contribution is 6.39. The number of amidine groups is 1. The number of aliphatic imine (C=N–C) groups is 2. The lowest BCUT2D eigenvalue weighted by molar-refractivity contribution is -0.113. The molecule has 88 valence electrons. The molecule has 0 aliphatic carbocycles. The van der Waals surface area contributed by atoms with Crippen LogP contribution in [0.3, 0.4) is 0 Å². The number of nitrogens with zero attached hydrogens (tertiary/aromatic N) is 5. The van der Waals surface area contributed by atoms with Gasteiger partial charge in [0.1, 0.15) is 17.6 Å². The third kappa shape index (κ3) is 1.58. The van der Waals surface area contributed by atoms with Gasteiger partial charge < -0.3 is 0 Å². The minimum absolute atomic E-state index is 0.201. The number of pyridine rings is 1. The van der Waals surface area contributed by atoms with Crippen molar-refractivity contribution in [3.8, 4) is 0 Å². The van der Waals surface area contributed by atoms with Crippen LogP contribution in [-0.4, -0.2) is 23.1 Å². The van der Waals surface area contributed by atoms with Crippen molar-refractivity contribution in [3.63, 3.8) is 0 Å². The maximum absolute atomic E-state index is 11.7. The first-order valence-electron chi connectivity index (χ1n) is 4.79. The Morgan fingerprint density at radius 1 is 1.06 bits per heavy atom. The fourth-order valence-corrected chi connectivity index (χ4v) is 2.15. The summed E-state index contributed by atoms with van der Waals surface area (Å²) < 4.78 is 0. The van der Waals surface area contributed by atoms with Crippen LogP contribution in [0.25, 0.3) is 5.70 Å². The van der Waals surface area contributed by atoms with Crippen molar-refractivity contribution in [3.05, 3.63) is 33.6 Å². The summed E-state index contributed by atoms with van der Waals surface area (Å²) in [6.07, 6.45) is 3.97. The summed E-state index contributed by atoms with van der Waals surface area (Å²) in [5.74, 6) is -0.252. The number of carbonyl (C=O) groups is 1. The van der Waals surface area contributed by atoms with Crippen molar-refractivity contribution in [2.45, 2.75) is 0 Å². The number of hydrogen-bond donors (Lipinski definition) is 0. The number of azo groups is 1. The molecule has 0 spiro atoms. The van der Waals surface area contributed by atoms with Gasteiger partial charge in [-0.3, -0.25) is 9.78 Å². The van der Waals surface area contributed by atoms with E-state index < -0.39 is 5.91 Å². The lowest BCUT2D eigenvalue weighted by atomic mass is 10.1. The van der Waals surface area contributed by atoms with E-state index in [0.29, 0.717) is 5.56 Å². The summed E-state index contributed by atoms with van der Waals surface area (Å²) >= 11 is 12.0. The molecular weight excluding hydrogens is 277 g/mol. The van der Waals surface area contributed by atoms with Crippen LogP contribution in [0.4, 0.5) is 0 Å². The van der Waals surface area contributed by atoms with Crippen LogP contribution in [0.1, 0.15) is 5.56 Å². The molecule has 2 aliphatic rings. The Labute approximate surface area is 111 Å². The normalized spacial score (nSPS) is 17.2. The molecule has 0 unspecified atom stereocenters. The van der Waals surface area contributed by atoms with Gasteiger partial charge in [-0.05, 0) is 0 Å². The van der Waals surface area contributed by atoms with Crippen LogP contribution in [0, 0.1) is 0 Å². The van der Waals surface area contributed by atoms with E-state index in [4.69, 9.17) is 23.2 Å². The molecule has 0 fully saturated rings. The zero-order chi connectivity index (χ0) is 12.7. The molecule has 0 radical (unpaired) electrons. The molecule has 1 aromatic rings. The third-order valence-corrected chi connectivity index (χ3v) is 2.94. The predicted molar refractivity (Wildman–Crippen MR) is 67.0 cm³/mol. The number of aromatic nitrogens is 1. The maximum Gasteiger partial charge on any atom is 0.284 e. The monoisotopic (exact) mass is 279 g/mol. The van der Waals surface area contributed by atoms with Gasteiger partial charge in [-0.2, -0.15) is 4.99 Å². The van der Waals surface area contributed by atoms with Crippen molar-refractivity contribution in [1.82, 2.24) is 4.98 Å². The van der Waals surface area contributed by atoms with Crippen molar-refractivity contribution in [1.29, 1.82) is 0 Å². The summed E-state index contributed by atoms with van der Waals surface area (Å²) in [4.78, 5) is 23.0. The standard InChI is InChI=1S/C10H3Cl2N5O/c11-4-1-13-2-5(12)6(4)8-7-9(17-16-8)14-3-15-10(7)18/h1-3H. The molecular formula is C10H3Cl2N5O. The van der Waals surface area contributed by atoms with Gasteiger partial charge in [0.05, 0.1) is 10.0 Å². The van der Waals surface area contributed by atoms with Crippen LogP contribution < -0.4 is 0 Å². The fraction of sp³-hybridized carbons (Fsp3) is 0. The van der Waals surface area contributed by atoms with Crippen molar-refractivity contribution < 1.29 is 4.79 Å². The Morgan fingerprint density at radius 3 is 2.50 bits per heavy atom. The molecule has 0 bridgehead atoms. The molecule has 1 aromatic heterocycles. The van der Waals surface area contributed by atoms with E-state index in [1.54, 1.807) is 0 Å². The largest absolute Gasteiger partial charge is 0.284 e. The van der Waals surface area contributed by atoms with Crippen LogP contribution in [0.15, 0.2) is 38.2 Å². The quantitative estimate of drug-likeness (QED) is 0.792. The van der Waals surface area contributed by atoms with Gasteiger partial charge >= 0.3 is 0 Å². The maximum atomic E-state index is 11.7. The highest BCUT2D eigenvalue weighted by Crippen LogP contribution is 2.37. The first kappa shape index (κ1) is 11.2. The van der Waals surface area contributed by atoms with E-state index in [9.17, 15) is 4.79 Å². The van der Waals surface area contributed by atoms with Crippen LogP contribution in [-0.2, 0) is 4.79 Å². The van der Waals surface area contributed by atoms with Crippen LogP contribution in [0.5, 0.6) is 0 Å². The Hall–Kier alpha value is -1.92. The summed E-state index contributed by atoms with van der Waals surface area (Å²) in [5.41, 5.74) is 0.878. The van der Waals surface area contributed by atoms with E-state index >= 15 is 0 Å². The van der Waals surface area contributed by atoms with Gasteiger partial charge in [0.2, 0.25) is 0 Å². The topological polar surface area (TPSA) is 79.4 Å². The zero-order valence-corrected chi connectivity index (χ0v) is 10.1. The highest BCUT2D eigenvalue weighted by atomic mass is 35.5. The van der Waals surface area contributed by atoms with E-state index in [-0.39, 0.29) is 27.2 Å². The second-order valence-electron chi connectivity index (χ2n) is 3.40. The summed E-state index contributed by atoms with van der Waals surface area (Å²) in [6, 6.07) is 0. The number of rotatable bonds is 1. The number of carbonyl (C=O) groups excluding carboxylic acids is 1. The van der Waals surface area contributed by atoms with Gasteiger partial charge in [0.15, 0.2) is 5.84 Å². The van der Waals surface area contributed by atoms with E-state index in [1.807, 2.05) is 0 Å². The number of amides is 1. The zero-order valence-electron chi connectivity index (χ0n) is 8.63. The third-order valence-electron chi connectivity index (χ3n) is 2.36. The van der Waals surface area contributed by atoms with Crippen molar-refractivity contribution in [2.24, 2.45) is 20.2 Å². The van der Waals surface area contributed by atoms with Crippen molar-refractivity contribution >= 4 is 47.0 Å². The SMILES string of the molecule is O=C1N=CN=C2N=NC(c3c(Cl)cncc3Cl)=C12. The molecule has 18 heavy (non-hydrogen) atoms. The molecule has 8 heteroatoms. The molecule has 3 rings (SSSR count). The van der Waals surface area contributed by atoms with Gasteiger partial charge in [-0.1, -0.05) is 23.2 Å². The van der Waals surface area contributed by atoms with Gasteiger partial charge in [0.25, 0.3) is 5.91 Å². The van der Waals surface area contributed by atoms with E-state index in [1.165, 1.54) is 12.4 Å². The Balaban J connectivity index is 2.28. The van der Waals surface area contributed by atoms with E-state index in [0.717, 1.165) is 6.34 Å². The lowest BCUT2D eigenvalue weighted by Crippen LogP contribution is -2.12. The molecule has 0 saturated heterocycles. The Kier molecular flexibility index (Phi) is 2.53. The Bertz CT molecular complexity index is 669. The number of fused-ring (bicyclic) bond motifs is 1. The smallest absolute Gasteiger partial charge is 0.266 e. The summed E-state index contributed by atoms with van der Waals surface area (Å²) in [5, 5.41) is 8.27. The molecule has 6 nitrogen and oxygen atoms in total. The Morgan fingerprint density at radius 2 is 1.78 bits per heavy atom. The second kappa shape index (κ2) is 4.08. The van der Waals surface area contributed by atoms with Crippen molar-refractivity contribution in [2.75, 3.05) is 0 Å². The highest BCUT2D eigenvalue weighted by Gasteiger charge is 2.30. The molecule has 0 N–H and O–H groups in total. The summed E-state index contributed by atoms with van der Waals surface area (Å²) in [6.45, 7) is 0. The van der Waals surface area contributed by atoms with Gasteiger partial charge in [-0.15, -0.1) is 10.2 Å². The molecule has 0 aromatic carbocycles. The van der Waals surface area contributed by atoms with Crippen LogP contribution >= 0.6 is 23.2 Å². The predicted octanol–water partition coefficient (Wildman–Crippen LogP) is 2.53. The molecule has 2 aliphatic heterocycles. The molecule has 0 atom stereocenters. The van der Waals surface area contributed by atoms with Gasteiger partial charge in [0, 0.05) is 18.0 Å². The van der Waals surface area contributed by atoms with Crippen LogP contribution in [0.2, 0.25) is 10.0 Å². The van der Waals surface area contributed by atoms with E-state index in [2.05, 4.69) is 25.2 Å². The first-order chi connectivity index (χ1) is 8.68. The fourth-order valence-electron chi connectivity index (χ4n) is 1.60. The second-order valence-corrected chi connectivity index (χ2v) is 4.22. The number of halogens is 2. The summed E-state index contributed by atoms with van der Waals surface area (Å²) in [7, 11) is 0. The molecule has 3 heterocycles. The molecule has 0 saturated carbocycles. The number of hydrogen-bond acceptors (Lipinski definition) is 5. The minimum Gasteiger partial charge on any atom is -0.266 e. The first-order valence-corrected chi connectivity index (χ1v) is 5.54.